The molecule has 0 unspecified atom stereocenters. The summed E-state index contributed by atoms with van der Waals surface area (Å²) in [7, 11) is 1.52. The van der Waals surface area contributed by atoms with Gasteiger partial charge in [-0.15, -0.1) is 0 Å². The van der Waals surface area contributed by atoms with E-state index < -0.39 is 5.91 Å². The average molecular weight is 456 g/mol. The second-order valence-corrected chi connectivity index (χ2v) is 7.15. The van der Waals surface area contributed by atoms with Crippen LogP contribution in [0.4, 0.5) is 5.69 Å². The van der Waals surface area contributed by atoms with Crippen molar-refractivity contribution in [3.63, 3.8) is 0 Å². The van der Waals surface area contributed by atoms with Crippen molar-refractivity contribution in [3.8, 4) is 17.1 Å². The van der Waals surface area contributed by atoms with Crippen LogP contribution < -0.4 is 15.4 Å². The van der Waals surface area contributed by atoms with Crippen molar-refractivity contribution in [2.45, 2.75) is 0 Å². The van der Waals surface area contributed by atoms with Gasteiger partial charge in [0.25, 0.3) is 5.91 Å². The van der Waals surface area contributed by atoms with Crippen LogP contribution in [-0.2, 0) is 0 Å². The number of nitrogens with one attached hydrogen (secondary N) is 2. The summed E-state index contributed by atoms with van der Waals surface area (Å²) in [6.45, 7) is 0. The highest BCUT2D eigenvalue weighted by Crippen LogP contribution is 2.34. The van der Waals surface area contributed by atoms with Crippen molar-refractivity contribution in [1.29, 1.82) is 0 Å². The van der Waals surface area contributed by atoms with Crippen LogP contribution in [0.25, 0.3) is 11.3 Å². The van der Waals surface area contributed by atoms with Crippen molar-refractivity contribution in [3.05, 3.63) is 69.4 Å². The highest BCUT2D eigenvalue weighted by atomic mass is 35.5. The minimum absolute atomic E-state index is 0.0595. The zero-order chi connectivity index (χ0) is 20.3. The summed E-state index contributed by atoms with van der Waals surface area (Å²) in [5.74, 6) is 0.473. The Labute approximate surface area is 181 Å². The molecule has 0 aliphatic rings. The quantitative estimate of drug-likeness (QED) is 0.469. The number of ether oxygens (including phenoxy) is 1. The highest BCUT2D eigenvalue weighted by Gasteiger charge is 2.16. The molecule has 2 aromatic carbocycles. The van der Waals surface area contributed by atoms with Gasteiger partial charge in [-0.05, 0) is 54.7 Å². The predicted molar refractivity (Wildman–Crippen MR) is 116 cm³/mol. The van der Waals surface area contributed by atoms with Crippen LogP contribution >= 0.6 is 47.0 Å². The minimum Gasteiger partial charge on any atom is -0.495 e. The monoisotopic (exact) mass is 454 g/mol. The standard InChI is InChI=1S/C19H13Cl3N2O3S/c1-26-15-6-5-10(20)9-13(15)23-19(28)24-18(25)16-8-7-14(27-16)11-3-2-4-12(21)17(11)22/h2-9H,1H3,(H2,23,24,25,28). The number of hydrogen-bond donors (Lipinski definition) is 2. The van der Waals surface area contributed by atoms with Crippen LogP contribution in [0.2, 0.25) is 15.1 Å². The van der Waals surface area contributed by atoms with E-state index in [0.717, 1.165) is 0 Å². The third kappa shape index (κ3) is 4.59. The molecular weight excluding hydrogens is 443 g/mol. The number of methoxy groups -OCH3 is 1. The largest absolute Gasteiger partial charge is 0.495 e. The van der Waals surface area contributed by atoms with E-state index in [0.29, 0.717) is 37.8 Å². The molecule has 144 valence electrons. The average Bonchev–Trinajstić information content (AvgIpc) is 3.14. The zero-order valence-electron chi connectivity index (χ0n) is 14.4. The first kappa shape index (κ1) is 20.5. The topological polar surface area (TPSA) is 63.5 Å². The summed E-state index contributed by atoms with van der Waals surface area (Å²) in [6.07, 6.45) is 0. The number of rotatable bonds is 4. The van der Waals surface area contributed by atoms with Gasteiger partial charge >= 0.3 is 0 Å². The van der Waals surface area contributed by atoms with Crippen molar-refractivity contribution in [2.75, 3.05) is 12.4 Å². The van der Waals surface area contributed by atoms with E-state index in [1.54, 1.807) is 42.5 Å². The third-order valence-electron chi connectivity index (χ3n) is 3.68. The molecule has 2 N–H and O–H groups in total. The summed E-state index contributed by atoms with van der Waals surface area (Å²) in [6, 6.07) is 13.3. The molecule has 0 aliphatic heterocycles. The summed E-state index contributed by atoms with van der Waals surface area (Å²) in [4.78, 5) is 12.4. The van der Waals surface area contributed by atoms with Gasteiger partial charge in [0, 0.05) is 10.6 Å². The van der Waals surface area contributed by atoms with Gasteiger partial charge in [0.2, 0.25) is 0 Å². The van der Waals surface area contributed by atoms with Gasteiger partial charge in [-0.25, -0.2) is 0 Å². The second-order valence-electron chi connectivity index (χ2n) is 5.52. The van der Waals surface area contributed by atoms with Crippen molar-refractivity contribution < 1.29 is 13.9 Å². The molecule has 5 nitrogen and oxygen atoms in total. The SMILES string of the molecule is COc1ccc(Cl)cc1NC(=S)NC(=O)c1ccc(-c2cccc(Cl)c2Cl)o1. The number of carbonyl (C=O) groups excluding carboxylic acids is 1. The maximum Gasteiger partial charge on any atom is 0.293 e. The summed E-state index contributed by atoms with van der Waals surface area (Å²) in [5.41, 5.74) is 1.10. The van der Waals surface area contributed by atoms with E-state index in [4.69, 9.17) is 56.2 Å². The summed E-state index contributed by atoms with van der Waals surface area (Å²) < 4.78 is 10.8. The highest BCUT2D eigenvalue weighted by molar-refractivity contribution is 7.80. The van der Waals surface area contributed by atoms with Gasteiger partial charge in [-0.3, -0.25) is 10.1 Å². The molecule has 0 atom stereocenters. The number of halogens is 3. The number of furan rings is 1. The molecular formula is C19H13Cl3N2O3S. The molecule has 9 heteroatoms. The molecule has 28 heavy (non-hydrogen) atoms. The number of carbonyl (C=O) groups is 1. The number of anilines is 1. The Balaban J connectivity index is 1.72. The molecule has 0 radical (unpaired) electrons. The Morgan fingerprint density at radius 3 is 2.64 bits per heavy atom. The normalized spacial score (nSPS) is 10.4. The molecule has 1 aromatic heterocycles. The van der Waals surface area contributed by atoms with Crippen LogP contribution in [0.15, 0.2) is 52.9 Å². The van der Waals surface area contributed by atoms with E-state index in [1.165, 1.54) is 13.2 Å². The van der Waals surface area contributed by atoms with E-state index in [1.807, 2.05) is 0 Å². The minimum atomic E-state index is -0.525. The van der Waals surface area contributed by atoms with Crippen LogP contribution in [0.5, 0.6) is 5.75 Å². The molecule has 0 fully saturated rings. The number of hydrogen-bond acceptors (Lipinski definition) is 4. The number of thiocarbonyl (C=S) groups is 1. The van der Waals surface area contributed by atoms with E-state index >= 15 is 0 Å². The van der Waals surface area contributed by atoms with Crippen molar-refractivity contribution in [1.82, 2.24) is 5.32 Å². The van der Waals surface area contributed by atoms with Gasteiger partial charge in [-0.1, -0.05) is 40.9 Å². The lowest BCUT2D eigenvalue weighted by Gasteiger charge is -2.12. The molecule has 3 rings (SSSR count). The number of benzene rings is 2. The van der Waals surface area contributed by atoms with E-state index in [-0.39, 0.29) is 10.9 Å². The third-order valence-corrected chi connectivity index (χ3v) is 4.94. The molecule has 3 aromatic rings. The fourth-order valence-corrected chi connectivity index (χ4v) is 3.16. The molecule has 0 aliphatic carbocycles. The van der Waals surface area contributed by atoms with Gasteiger partial charge in [0.15, 0.2) is 10.9 Å². The Morgan fingerprint density at radius 1 is 1.11 bits per heavy atom. The van der Waals surface area contributed by atoms with Crippen molar-refractivity contribution >= 4 is 63.7 Å². The first-order chi connectivity index (χ1) is 13.4. The van der Waals surface area contributed by atoms with Crippen LogP contribution in [0.1, 0.15) is 10.6 Å². The van der Waals surface area contributed by atoms with Gasteiger partial charge in [0.1, 0.15) is 11.5 Å². The lowest BCUT2D eigenvalue weighted by Crippen LogP contribution is -2.34. The van der Waals surface area contributed by atoms with Crippen LogP contribution in [-0.4, -0.2) is 18.1 Å². The van der Waals surface area contributed by atoms with Crippen LogP contribution in [0, 0.1) is 0 Å². The molecule has 0 saturated carbocycles. The Kier molecular flexibility index (Phi) is 6.46. The van der Waals surface area contributed by atoms with E-state index in [2.05, 4.69) is 10.6 Å². The van der Waals surface area contributed by atoms with Gasteiger partial charge in [0.05, 0.1) is 22.8 Å². The fourth-order valence-electron chi connectivity index (χ4n) is 2.39. The van der Waals surface area contributed by atoms with E-state index in [9.17, 15) is 4.79 Å². The lowest BCUT2D eigenvalue weighted by atomic mass is 10.2. The zero-order valence-corrected chi connectivity index (χ0v) is 17.5. The van der Waals surface area contributed by atoms with Gasteiger partial charge < -0.3 is 14.5 Å². The first-order valence-corrected chi connectivity index (χ1v) is 9.43. The molecule has 0 spiro atoms. The molecule has 0 bridgehead atoms. The predicted octanol–water partition coefficient (Wildman–Crippen LogP) is 6.04. The summed E-state index contributed by atoms with van der Waals surface area (Å²) in [5, 5.41) is 6.69. The lowest BCUT2D eigenvalue weighted by molar-refractivity contribution is 0.0951. The Morgan fingerprint density at radius 2 is 1.89 bits per heavy atom. The maximum atomic E-state index is 12.4. The summed E-state index contributed by atoms with van der Waals surface area (Å²) >= 11 is 23.4. The van der Waals surface area contributed by atoms with Crippen molar-refractivity contribution in [2.24, 2.45) is 0 Å². The fraction of sp³-hybridized carbons (Fsp3) is 0.0526. The molecule has 1 amide bonds. The second kappa shape index (κ2) is 8.84. The first-order valence-electron chi connectivity index (χ1n) is 7.89. The number of amides is 1. The maximum absolute atomic E-state index is 12.4. The van der Waals surface area contributed by atoms with Crippen LogP contribution in [0.3, 0.4) is 0 Å². The smallest absolute Gasteiger partial charge is 0.293 e. The Bertz CT molecular complexity index is 1050. The molecule has 1 heterocycles. The van der Waals surface area contributed by atoms with Gasteiger partial charge in [-0.2, -0.15) is 0 Å². The Hall–Kier alpha value is -2.25. The molecule has 0 saturated heterocycles.